The molecule has 0 aromatic carbocycles. The Hall–Kier alpha value is -1.52. The minimum atomic E-state index is -0.660. The number of aliphatic hydroxyl groups is 1. The van der Waals surface area contributed by atoms with Crippen molar-refractivity contribution < 1.29 is 5.11 Å². The summed E-state index contributed by atoms with van der Waals surface area (Å²) in [6.07, 6.45) is 2.69. The fourth-order valence-corrected chi connectivity index (χ4v) is 0.873. The van der Waals surface area contributed by atoms with Crippen molar-refractivity contribution in [1.82, 2.24) is 0 Å². The predicted octanol–water partition coefficient (Wildman–Crippen LogP) is 1.62. The molecule has 0 saturated carbocycles. The summed E-state index contributed by atoms with van der Waals surface area (Å²) < 4.78 is 0. The zero-order chi connectivity index (χ0) is 8.27. The van der Waals surface area contributed by atoms with E-state index < -0.39 is 6.04 Å². The molecule has 1 unspecified atom stereocenters. The number of aliphatic hydroxyl groups excluding tert-OH is 1. The molecule has 5 heteroatoms. The van der Waals surface area contributed by atoms with E-state index in [1.165, 1.54) is 12.2 Å². The van der Waals surface area contributed by atoms with E-state index in [0.717, 1.165) is 0 Å². The van der Waals surface area contributed by atoms with Crippen LogP contribution in [0.1, 0.15) is 6.42 Å². The molecule has 1 N–H and O–H groups in total. The molecule has 11 heavy (non-hydrogen) atoms. The first kappa shape index (κ1) is 7.59. The molecule has 0 aliphatic heterocycles. The minimum absolute atomic E-state index is 0.0355. The summed E-state index contributed by atoms with van der Waals surface area (Å²) in [5.41, 5.74) is 0.0540. The lowest BCUT2D eigenvalue weighted by atomic mass is 10.1. The molecule has 1 aliphatic carbocycles. The van der Waals surface area contributed by atoms with Crippen molar-refractivity contribution in [2.45, 2.75) is 12.5 Å². The normalized spacial score (nSPS) is 23.5. The molecule has 0 spiro atoms. The van der Waals surface area contributed by atoms with Gasteiger partial charge < -0.3 is 5.11 Å². The lowest BCUT2D eigenvalue weighted by Gasteiger charge is -2.07. The molecular formula is C6H6N2O3. The molecule has 0 amide bonds. The Morgan fingerprint density at radius 3 is 2.82 bits per heavy atom. The highest BCUT2D eigenvalue weighted by Gasteiger charge is 2.14. The van der Waals surface area contributed by atoms with Crippen molar-refractivity contribution in [1.29, 1.82) is 0 Å². The van der Waals surface area contributed by atoms with Crippen LogP contribution in [-0.2, 0) is 0 Å². The van der Waals surface area contributed by atoms with Crippen molar-refractivity contribution in [2.24, 2.45) is 10.4 Å². The smallest absolute Gasteiger partial charge is 0.119 e. The van der Waals surface area contributed by atoms with E-state index in [9.17, 15) is 9.81 Å². The van der Waals surface area contributed by atoms with E-state index in [4.69, 9.17) is 5.11 Å². The highest BCUT2D eigenvalue weighted by atomic mass is 16.3. The molecule has 5 nitrogen and oxygen atoms in total. The van der Waals surface area contributed by atoms with Crippen LogP contribution in [0.15, 0.2) is 34.0 Å². The maximum Gasteiger partial charge on any atom is 0.119 e. The summed E-state index contributed by atoms with van der Waals surface area (Å²) >= 11 is 0. The van der Waals surface area contributed by atoms with Crippen LogP contribution in [0.5, 0.6) is 0 Å². The molecule has 0 aromatic rings. The van der Waals surface area contributed by atoms with Crippen molar-refractivity contribution >= 4 is 0 Å². The highest BCUT2D eigenvalue weighted by molar-refractivity contribution is 5.26. The maximum absolute atomic E-state index is 9.99. The van der Waals surface area contributed by atoms with Crippen LogP contribution in [0.3, 0.4) is 0 Å². The van der Waals surface area contributed by atoms with E-state index in [0.29, 0.717) is 0 Å². The monoisotopic (exact) mass is 154 g/mol. The molecular weight excluding hydrogens is 148 g/mol. The van der Waals surface area contributed by atoms with E-state index in [1.54, 1.807) is 0 Å². The summed E-state index contributed by atoms with van der Waals surface area (Å²) in [6.45, 7) is 0. The first-order valence-electron chi connectivity index (χ1n) is 3.03. The predicted molar refractivity (Wildman–Crippen MR) is 38.8 cm³/mol. The Labute approximate surface area is 62.4 Å². The number of hydrogen-bond donors (Lipinski definition) is 1. The summed E-state index contributed by atoms with van der Waals surface area (Å²) in [4.78, 5) is 19.9. The van der Waals surface area contributed by atoms with Crippen molar-refractivity contribution in [3.63, 3.8) is 0 Å². The van der Waals surface area contributed by atoms with Crippen LogP contribution in [0.4, 0.5) is 0 Å². The molecule has 1 rings (SSSR count). The van der Waals surface area contributed by atoms with Crippen LogP contribution < -0.4 is 0 Å². The number of rotatable bonds is 2. The van der Waals surface area contributed by atoms with Crippen LogP contribution in [-0.4, -0.2) is 11.1 Å². The second kappa shape index (κ2) is 3.05. The highest BCUT2D eigenvalue weighted by Crippen LogP contribution is 2.18. The zero-order valence-electron chi connectivity index (χ0n) is 5.60. The number of hydrogen-bond acceptors (Lipinski definition) is 5. The lowest BCUT2D eigenvalue weighted by molar-refractivity contribution is 0.378. The van der Waals surface area contributed by atoms with E-state index in [1.807, 2.05) is 0 Å². The third kappa shape index (κ3) is 1.70. The third-order valence-corrected chi connectivity index (χ3v) is 1.34. The molecule has 1 atom stereocenters. The summed E-state index contributed by atoms with van der Waals surface area (Å²) in [7, 11) is 0. The molecule has 0 heterocycles. The summed E-state index contributed by atoms with van der Waals surface area (Å²) in [6, 6.07) is -0.660. The van der Waals surface area contributed by atoms with E-state index in [2.05, 4.69) is 10.4 Å². The number of nitrogens with zero attached hydrogens (tertiary/aromatic N) is 2. The van der Waals surface area contributed by atoms with Gasteiger partial charge in [0.05, 0.1) is 5.76 Å². The molecule has 0 radical (unpaired) electrons. The average Bonchev–Trinajstić information content (AvgIpc) is 2.03. The van der Waals surface area contributed by atoms with E-state index in [-0.39, 0.29) is 17.9 Å². The van der Waals surface area contributed by atoms with Crippen molar-refractivity contribution in [3.8, 4) is 0 Å². The first-order valence-corrected chi connectivity index (χ1v) is 3.03. The molecule has 58 valence electrons. The zero-order valence-corrected chi connectivity index (χ0v) is 5.60. The van der Waals surface area contributed by atoms with Gasteiger partial charge in [0.1, 0.15) is 11.7 Å². The molecule has 0 aromatic heterocycles. The standard InChI is InChI=1S/C6H6N2O3/c9-6-2-4(7-10)1-5(3-6)8-11/h1-2,5,9H,3H2. The van der Waals surface area contributed by atoms with Gasteiger partial charge in [0.25, 0.3) is 0 Å². The fourth-order valence-electron chi connectivity index (χ4n) is 0.873. The molecule has 0 fully saturated rings. The van der Waals surface area contributed by atoms with Gasteiger partial charge in [-0.2, -0.15) is 4.91 Å². The van der Waals surface area contributed by atoms with Gasteiger partial charge in [0.2, 0.25) is 0 Å². The number of allylic oxidation sites excluding steroid dienone is 1. The maximum atomic E-state index is 9.99. The molecule has 0 bridgehead atoms. The largest absolute Gasteiger partial charge is 0.512 e. The Morgan fingerprint density at radius 1 is 1.55 bits per heavy atom. The molecule has 1 aliphatic rings. The van der Waals surface area contributed by atoms with Crippen molar-refractivity contribution in [3.05, 3.63) is 33.4 Å². The molecule has 0 saturated heterocycles. The van der Waals surface area contributed by atoms with Crippen LogP contribution in [0.25, 0.3) is 0 Å². The Morgan fingerprint density at radius 2 is 2.27 bits per heavy atom. The van der Waals surface area contributed by atoms with Gasteiger partial charge in [-0.05, 0) is 11.3 Å². The second-order valence-electron chi connectivity index (χ2n) is 2.20. The second-order valence-corrected chi connectivity index (χ2v) is 2.20. The average molecular weight is 154 g/mol. The topological polar surface area (TPSA) is 79.1 Å². The lowest BCUT2D eigenvalue weighted by Crippen LogP contribution is -2.06. The Kier molecular flexibility index (Phi) is 2.10. The first-order chi connectivity index (χ1) is 5.26. The third-order valence-electron chi connectivity index (χ3n) is 1.34. The van der Waals surface area contributed by atoms with Gasteiger partial charge in [-0.3, -0.25) is 0 Å². The van der Waals surface area contributed by atoms with Crippen molar-refractivity contribution in [2.75, 3.05) is 0 Å². The van der Waals surface area contributed by atoms with Gasteiger partial charge in [-0.15, -0.1) is 4.91 Å². The van der Waals surface area contributed by atoms with Crippen LogP contribution in [0.2, 0.25) is 0 Å². The van der Waals surface area contributed by atoms with Gasteiger partial charge in [-0.1, -0.05) is 5.18 Å². The quantitative estimate of drug-likeness (QED) is 0.613. The number of nitroso groups, excluding NO2 is 2. The summed E-state index contributed by atoms with van der Waals surface area (Å²) in [5.74, 6) is -0.0355. The van der Waals surface area contributed by atoms with Crippen LogP contribution >= 0.6 is 0 Å². The van der Waals surface area contributed by atoms with Gasteiger partial charge in [0.15, 0.2) is 0 Å². The Bertz CT molecular complexity index is 244. The SMILES string of the molecule is O=NC1=CC(N=O)CC(O)=C1. The van der Waals surface area contributed by atoms with Gasteiger partial charge in [0, 0.05) is 12.5 Å². The van der Waals surface area contributed by atoms with E-state index >= 15 is 0 Å². The van der Waals surface area contributed by atoms with Gasteiger partial charge >= 0.3 is 0 Å². The van der Waals surface area contributed by atoms with Gasteiger partial charge in [-0.25, -0.2) is 0 Å². The summed E-state index contributed by atoms with van der Waals surface area (Å²) in [5, 5.41) is 14.2. The fraction of sp³-hybridized carbons (Fsp3) is 0.333. The minimum Gasteiger partial charge on any atom is -0.512 e. The Balaban J connectivity index is 2.84. The van der Waals surface area contributed by atoms with Crippen LogP contribution in [0, 0.1) is 9.81 Å².